The third kappa shape index (κ3) is 4.13. The van der Waals surface area contributed by atoms with Gasteiger partial charge in [0.1, 0.15) is 0 Å². The summed E-state index contributed by atoms with van der Waals surface area (Å²) in [6.45, 7) is 0. The predicted molar refractivity (Wildman–Crippen MR) is 117 cm³/mol. The van der Waals surface area contributed by atoms with Crippen molar-refractivity contribution in [3.8, 4) is 0 Å². The molecule has 0 spiro atoms. The fraction of sp³-hybridized carbons (Fsp3) is 0. The van der Waals surface area contributed by atoms with Crippen LogP contribution in [0, 0.1) is 0 Å². The number of thioether (sulfide) groups is 1. The van der Waals surface area contributed by atoms with Crippen molar-refractivity contribution < 1.29 is 9.59 Å². The molecule has 1 saturated heterocycles. The average molecular weight is 420 g/mol. The number of amides is 2. The van der Waals surface area contributed by atoms with Gasteiger partial charge in [-0.2, -0.15) is 4.99 Å². The molecule has 0 atom stereocenters. The zero-order valence-corrected chi connectivity index (χ0v) is 16.6. The van der Waals surface area contributed by atoms with Gasteiger partial charge in [-0.05, 0) is 53.7 Å². The number of aromatic nitrogens is 1. The second-order valence-corrected chi connectivity index (χ2v) is 7.47. The van der Waals surface area contributed by atoms with Crippen LogP contribution in [0.3, 0.4) is 0 Å². The van der Waals surface area contributed by atoms with Crippen molar-refractivity contribution in [2.75, 3.05) is 4.90 Å². The Morgan fingerprint density at radius 3 is 2.52 bits per heavy atom. The van der Waals surface area contributed by atoms with E-state index in [2.05, 4.69) is 9.98 Å². The van der Waals surface area contributed by atoms with E-state index in [0.717, 1.165) is 17.3 Å². The highest BCUT2D eigenvalue weighted by Gasteiger charge is 2.35. The Balaban J connectivity index is 1.76. The largest absolute Gasteiger partial charge is 0.280 e. The zero-order valence-electron chi connectivity index (χ0n) is 15.0. The summed E-state index contributed by atoms with van der Waals surface area (Å²) in [4.78, 5) is 36.0. The van der Waals surface area contributed by atoms with Crippen LogP contribution in [0.1, 0.15) is 15.9 Å². The second-order valence-electron chi connectivity index (χ2n) is 6.05. The average Bonchev–Trinajstić information content (AvgIpc) is 3.04. The zero-order chi connectivity index (χ0) is 20.2. The Kier molecular flexibility index (Phi) is 5.55. The second kappa shape index (κ2) is 8.43. The number of amidine groups is 1. The number of nitrogens with zero attached hydrogens (tertiary/aromatic N) is 3. The normalized spacial score (nSPS) is 16.6. The van der Waals surface area contributed by atoms with Gasteiger partial charge in [-0.25, -0.2) is 0 Å². The molecule has 142 valence electrons. The number of para-hydroxylation sites is 1. The summed E-state index contributed by atoms with van der Waals surface area (Å²) in [6, 6.07) is 19.4. The van der Waals surface area contributed by atoms with Crippen LogP contribution in [0.5, 0.6) is 0 Å². The highest BCUT2D eigenvalue weighted by atomic mass is 35.5. The monoisotopic (exact) mass is 419 g/mol. The summed E-state index contributed by atoms with van der Waals surface area (Å²) >= 11 is 7.27. The van der Waals surface area contributed by atoms with E-state index in [-0.39, 0.29) is 16.6 Å². The van der Waals surface area contributed by atoms with Crippen molar-refractivity contribution in [2.24, 2.45) is 4.99 Å². The summed E-state index contributed by atoms with van der Waals surface area (Å²) in [7, 11) is 0. The van der Waals surface area contributed by atoms with Gasteiger partial charge in [0.25, 0.3) is 11.8 Å². The number of aliphatic imine (C=N–C) groups is 1. The molecule has 7 heteroatoms. The molecule has 0 radical (unpaired) electrons. The van der Waals surface area contributed by atoms with Crippen molar-refractivity contribution in [1.29, 1.82) is 0 Å². The molecule has 1 aromatic heterocycles. The first-order valence-electron chi connectivity index (χ1n) is 8.70. The number of carbonyl (C=O) groups is 2. The summed E-state index contributed by atoms with van der Waals surface area (Å²) in [5, 5.41) is 0.592. The lowest BCUT2D eigenvalue weighted by atomic mass is 10.2. The maximum Gasteiger partial charge on any atom is 0.280 e. The Labute approximate surface area is 176 Å². The van der Waals surface area contributed by atoms with E-state index in [1.807, 2.05) is 24.3 Å². The molecule has 2 aromatic carbocycles. The quantitative estimate of drug-likeness (QED) is 0.557. The summed E-state index contributed by atoms with van der Waals surface area (Å²) in [6.07, 6.45) is 5.06. The molecule has 4 rings (SSSR count). The molecule has 2 amide bonds. The first-order valence-corrected chi connectivity index (χ1v) is 9.89. The molecule has 2 heterocycles. The van der Waals surface area contributed by atoms with Crippen LogP contribution in [-0.2, 0) is 4.79 Å². The van der Waals surface area contributed by atoms with Gasteiger partial charge in [-0.3, -0.25) is 19.5 Å². The number of rotatable bonds is 3. The first-order chi connectivity index (χ1) is 14.1. The highest BCUT2D eigenvalue weighted by molar-refractivity contribution is 8.19. The lowest BCUT2D eigenvalue weighted by Crippen LogP contribution is -2.29. The van der Waals surface area contributed by atoms with Crippen LogP contribution in [-0.4, -0.2) is 22.0 Å². The number of hydrogen-bond donors (Lipinski definition) is 0. The Morgan fingerprint density at radius 2 is 1.79 bits per heavy atom. The molecule has 0 saturated carbocycles. The molecule has 0 aliphatic carbocycles. The fourth-order valence-electron chi connectivity index (χ4n) is 2.75. The maximum absolute atomic E-state index is 13.1. The Hall–Kier alpha value is -3.22. The molecular formula is C22H14ClN3O2S. The molecule has 0 bridgehead atoms. The number of hydrogen-bond acceptors (Lipinski definition) is 4. The third-order valence-electron chi connectivity index (χ3n) is 4.10. The molecule has 1 aliphatic heterocycles. The minimum atomic E-state index is -0.505. The predicted octanol–water partition coefficient (Wildman–Crippen LogP) is 5.05. The number of anilines is 1. The highest BCUT2D eigenvalue weighted by Crippen LogP contribution is 2.36. The number of halogens is 1. The SMILES string of the molecule is O=C(N=C1SC(=Cc2cccnc2)C(=O)N1c1ccccc1)c1ccccc1Cl. The van der Waals surface area contributed by atoms with E-state index < -0.39 is 5.91 Å². The lowest BCUT2D eigenvalue weighted by molar-refractivity contribution is -0.113. The van der Waals surface area contributed by atoms with E-state index in [0.29, 0.717) is 15.6 Å². The van der Waals surface area contributed by atoms with Gasteiger partial charge < -0.3 is 0 Å². The van der Waals surface area contributed by atoms with Crippen molar-refractivity contribution in [3.63, 3.8) is 0 Å². The van der Waals surface area contributed by atoms with Crippen LogP contribution in [0.2, 0.25) is 5.02 Å². The molecule has 3 aromatic rings. The maximum atomic E-state index is 13.1. The van der Waals surface area contributed by atoms with Gasteiger partial charge in [0.05, 0.1) is 21.2 Å². The molecule has 0 unspecified atom stereocenters. The van der Waals surface area contributed by atoms with Crippen LogP contribution in [0.25, 0.3) is 6.08 Å². The van der Waals surface area contributed by atoms with Crippen LogP contribution in [0.4, 0.5) is 5.69 Å². The Morgan fingerprint density at radius 1 is 1.03 bits per heavy atom. The first kappa shape index (κ1) is 19.1. The molecular weight excluding hydrogens is 406 g/mol. The van der Waals surface area contributed by atoms with Gasteiger partial charge in [0, 0.05) is 12.4 Å². The van der Waals surface area contributed by atoms with Gasteiger partial charge in [0.15, 0.2) is 5.17 Å². The topological polar surface area (TPSA) is 62.6 Å². The van der Waals surface area contributed by atoms with Crippen molar-refractivity contribution in [1.82, 2.24) is 4.98 Å². The smallest absolute Gasteiger partial charge is 0.268 e. The summed E-state index contributed by atoms with van der Waals surface area (Å²) < 4.78 is 0. The van der Waals surface area contributed by atoms with E-state index in [1.54, 1.807) is 60.9 Å². The van der Waals surface area contributed by atoms with E-state index >= 15 is 0 Å². The van der Waals surface area contributed by atoms with E-state index in [1.165, 1.54) is 4.90 Å². The standard InChI is InChI=1S/C22H14ClN3O2S/c23-18-11-5-4-10-17(18)20(27)25-22-26(16-8-2-1-3-9-16)21(28)19(29-22)13-15-7-6-12-24-14-15/h1-14H. The lowest BCUT2D eigenvalue weighted by Gasteiger charge is -2.15. The minimum absolute atomic E-state index is 0.254. The van der Waals surface area contributed by atoms with Crippen molar-refractivity contribution >= 4 is 52.1 Å². The van der Waals surface area contributed by atoms with Crippen molar-refractivity contribution in [2.45, 2.75) is 0 Å². The molecule has 1 aliphatic rings. The fourth-order valence-corrected chi connectivity index (χ4v) is 3.94. The molecule has 1 fully saturated rings. The van der Waals surface area contributed by atoms with Gasteiger partial charge in [-0.1, -0.05) is 48.0 Å². The molecule has 29 heavy (non-hydrogen) atoms. The van der Waals surface area contributed by atoms with Crippen molar-refractivity contribution in [3.05, 3.63) is 100 Å². The molecule has 0 N–H and O–H groups in total. The number of pyridine rings is 1. The number of carbonyl (C=O) groups excluding carboxylic acids is 2. The van der Waals surface area contributed by atoms with Gasteiger partial charge in [-0.15, -0.1) is 0 Å². The van der Waals surface area contributed by atoms with Crippen LogP contribution < -0.4 is 4.90 Å². The number of benzene rings is 2. The third-order valence-corrected chi connectivity index (χ3v) is 5.40. The summed E-state index contributed by atoms with van der Waals surface area (Å²) in [5.41, 5.74) is 1.70. The van der Waals surface area contributed by atoms with E-state index in [9.17, 15) is 9.59 Å². The minimum Gasteiger partial charge on any atom is -0.268 e. The van der Waals surface area contributed by atoms with E-state index in [4.69, 9.17) is 11.6 Å². The Bertz CT molecular complexity index is 1130. The molecule has 5 nitrogen and oxygen atoms in total. The van der Waals surface area contributed by atoms with Crippen LogP contribution in [0.15, 0.2) is 89.0 Å². The van der Waals surface area contributed by atoms with Gasteiger partial charge >= 0.3 is 0 Å². The summed E-state index contributed by atoms with van der Waals surface area (Å²) in [5.74, 6) is -0.759. The van der Waals surface area contributed by atoms with Crippen LogP contribution >= 0.6 is 23.4 Å². The van der Waals surface area contributed by atoms with Gasteiger partial charge in [0.2, 0.25) is 0 Å².